The van der Waals surface area contributed by atoms with Crippen LogP contribution in [-0.2, 0) is 7.05 Å². The third kappa shape index (κ3) is 1.46. The zero-order valence-electron chi connectivity index (χ0n) is 10.3. The van der Waals surface area contributed by atoms with E-state index >= 15 is 0 Å². The van der Waals surface area contributed by atoms with Crippen molar-refractivity contribution in [1.82, 2.24) is 14.0 Å². The second kappa shape index (κ2) is 3.84. The number of rotatable bonds is 2. The summed E-state index contributed by atoms with van der Waals surface area (Å²) in [7, 11) is 2.01. The molecule has 18 heavy (non-hydrogen) atoms. The van der Waals surface area contributed by atoms with Gasteiger partial charge in [-0.1, -0.05) is 0 Å². The van der Waals surface area contributed by atoms with Crippen molar-refractivity contribution >= 4 is 11.9 Å². The Balaban J connectivity index is 2.25. The third-order valence-electron chi connectivity index (χ3n) is 3.28. The molecule has 3 heterocycles. The van der Waals surface area contributed by atoms with E-state index in [0.717, 1.165) is 17.7 Å². The Kier molecular flexibility index (Phi) is 2.30. The van der Waals surface area contributed by atoms with Gasteiger partial charge in [-0.15, -0.1) is 0 Å². The van der Waals surface area contributed by atoms with Crippen molar-refractivity contribution in [1.29, 1.82) is 0 Å². The van der Waals surface area contributed by atoms with Gasteiger partial charge in [-0.3, -0.25) is 4.79 Å². The summed E-state index contributed by atoms with van der Waals surface area (Å²) in [5.41, 5.74) is 4.40. The number of fused-ring (bicyclic) bond motifs is 1. The Morgan fingerprint density at radius 1 is 1.28 bits per heavy atom. The monoisotopic (exact) mass is 239 g/mol. The van der Waals surface area contributed by atoms with Crippen LogP contribution in [0.1, 0.15) is 16.1 Å². The normalized spacial score (nSPS) is 11.0. The van der Waals surface area contributed by atoms with Crippen LogP contribution in [0.15, 0.2) is 36.7 Å². The van der Waals surface area contributed by atoms with Crippen molar-refractivity contribution in [2.24, 2.45) is 7.05 Å². The summed E-state index contributed by atoms with van der Waals surface area (Å²) in [5.74, 6) is 0. The molecule has 0 amide bonds. The number of aldehydes is 1. The zero-order valence-corrected chi connectivity index (χ0v) is 10.3. The number of carbonyl (C=O) groups excluding carboxylic acids is 1. The highest BCUT2D eigenvalue weighted by atomic mass is 16.1. The lowest BCUT2D eigenvalue weighted by Gasteiger charge is -2.00. The molecule has 4 nitrogen and oxygen atoms in total. The summed E-state index contributed by atoms with van der Waals surface area (Å²) >= 11 is 0. The first-order valence-corrected chi connectivity index (χ1v) is 5.76. The van der Waals surface area contributed by atoms with Crippen LogP contribution >= 0.6 is 0 Å². The average molecular weight is 239 g/mol. The van der Waals surface area contributed by atoms with E-state index in [1.807, 2.05) is 36.0 Å². The van der Waals surface area contributed by atoms with Crippen LogP contribution in [0.2, 0.25) is 0 Å². The van der Waals surface area contributed by atoms with Crippen LogP contribution in [-0.4, -0.2) is 20.2 Å². The van der Waals surface area contributed by atoms with E-state index in [2.05, 4.69) is 22.5 Å². The zero-order chi connectivity index (χ0) is 12.7. The number of nitrogens with zero attached hydrogens (tertiary/aromatic N) is 3. The summed E-state index contributed by atoms with van der Waals surface area (Å²) in [6.45, 7) is 2.05. The van der Waals surface area contributed by atoms with E-state index in [-0.39, 0.29) is 0 Å². The van der Waals surface area contributed by atoms with Gasteiger partial charge in [-0.25, -0.2) is 4.98 Å². The van der Waals surface area contributed by atoms with Gasteiger partial charge in [0.25, 0.3) is 0 Å². The fourth-order valence-corrected chi connectivity index (χ4v) is 2.12. The third-order valence-corrected chi connectivity index (χ3v) is 3.28. The molecule has 90 valence electrons. The largest absolute Gasteiger partial charge is 0.347 e. The number of aromatic nitrogens is 3. The van der Waals surface area contributed by atoms with Crippen molar-refractivity contribution in [3.8, 4) is 11.4 Å². The fraction of sp³-hybridized carbons (Fsp3) is 0.143. The molecule has 0 saturated carbocycles. The highest BCUT2D eigenvalue weighted by molar-refractivity contribution is 5.84. The molecule has 0 aromatic carbocycles. The first-order chi connectivity index (χ1) is 8.70. The minimum Gasteiger partial charge on any atom is -0.347 e. The van der Waals surface area contributed by atoms with Gasteiger partial charge >= 0.3 is 0 Å². The quantitative estimate of drug-likeness (QED) is 0.644. The van der Waals surface area contributed by atoms with Crippen LogP contribution < -0.4 is 0 Å². The SMILES string of the molecule is Cc1ccc(-c2cn3cccc(C=O)c3n2)n1C. The van der Waals surface area contributed by atoms with Crippen molar-refractivity contribution < 1.29 is 4.79 Å². The molecule has 3 aromatic heterocycles. The van der Waals surface area contributed by atoms with E-state index in [9.17, 15) is 4.79 Å². The van der Waals surface area contributed by atoms with Crippen LogP contribution in [0.4, 0.5) is 0 Å². The van der Waals surface area contributed by atoms with E-state index in [4.69, 9.17) is 0 Å². The van der Waals surface area contributed by atoms with Crippen molar-refractivity contribution in [2.45, 2.75) is 6.92 Å². The Labute approximate surface area is 105 Å². The lowest BCUT2D eigenvalue weighted by molar-refractivity contribution is 0.112. The second-order valence-corrected chi connectivity index (χ2v) is 4.36. The fourth-order valence-electron chi connectivity index (χ4n) is 2.12. The standard InChI is InChI=1S/C14H13N3O/c1-10-5-6-13(16(10)2)12-8-17-7-3-4-11(9-18)14(17)15-12/h3-9H,1-2H3. The smallest absolute Gasteiger partial charge is 0.153 e. The van der Waals surface area contributed by atoms with Crippen LogP contribution in [0.3, 0.4) is 0 Å². The van der Waals surface area contributed by atoms with Gasteiger partial charge in [0, 0.05) is 25.1 Å². The minimum atomic E-state index is 0.606. The molecule has 3 aromatic rings. The molecule has 0 aliphatic heterocycles. The molecule has 0 saturated heterocycles. The maximum absolute atomic E-state index is 11.0. The minimum absolute atomic E-state index is 0.606. The van der Waals surface area contributed by atoms with Crippen molar-refractivity contribution in [3.63, 3.8) is 0 Å². The number of carbonyl (C=O) groups is 1. The van der Waals surface area contributed by atoms with Gasteiger partial charge in [0.2, 0.25) is 0 Å². The Morgan fingerprint density at radius 2 is 2.11 bits per heavy atom. The van der Waals surface area contributed by atoms with E-state index < -0.39 is 0 Å². The average Bonchev–Trinajstić information content (AvgIpc) is 2.94. The summed E-state index contributed by atoms with van der Waals surface area (Å²) < 4.78 is 3.96. The summed E-state index contributed by atoms with van der Waals surface area (Å²) in [4.78, 5) is 15.5. The maximum Gasteiger partial charge on any atom is 0.153 e. The predicted molar refractivity (Wildman–Crippen MR) is 69.7 cm³/mol. The van der Waals surface area contributed by atoms with Crippen LogP contribution in [0.25, 0.3) is 17.0 Å². The molecule has 0 N–H and O–H groups in total. The summed E-state index contributed by atoms with van der Waals surface area (Å²) in [5, 5.41) is 0. The number of pyridine rings is 1. The van der Waals surface area contributed by atoms with Gasteiger partial charge in [0.15, 0.2) is 6.29 Å². The molecule has 0 spiro atoms. The molecule has 0 aliphatic carbocycles. The molecule has 0 atom stereocenters. The Hall–Kier alpha value is -2.36. The molecular weight excluding hydrogens is 226 g/mol. The number of aryl methyl sites for hydroxylation is 1. The molecular formula is C14H13N3O. The Bertz CT molecular complexity index is 737. The van der Waals surface area contributed by atoms with Gasteiger partial charge in [0.05, 0.1) is 11.3 Å². The van der Waals surface area contributed by atoms with Crippen LogP contribution in [0.5, 0.6) is 0 Å². The highest BCUT2D eigenvalue weighted by Gasteiger charge is 2.10. The molecule has 0 bridgehead atoms. The Morgan fingerprint density at radius 3 is 2.78 bits per heavy atom. The topological polar surface area (TPSA) is 39.3 Å². The molecule has 4 heteroatoms. The van der Waals surface area contributed by atoms with Crippen molar-refractivity contribution in [2.75, 3.05) is 0 Å². The molecule has 0 radical (unpaired) electrons. The predicted octanol–water partition coefficient (Wildman–Crippen LogP) is 2.46. The maximum atomic E-state index is 11.0. The van der Waals surface area contributed by atoms with E-state index in [1.54, 1.807) is 6.07 Å². The first-order valence-electron chi connectivity index (χ1n) is 5.76. The molecule has 0 aliphatic rings. The lowest BCUT2D eigenvalue weighted by atomic mass is 10.3. The van der Waals surface area contributed by atoms with Gasteiger partial charge < -0.3 is 8.97 Å². The molecule has 3 rings (SSSR count). The van der Waals surface area contributed by atoms with E-state index in [1.165, 1.54) is 5.69 Å². The number of hydrogen-bond acceptors (Lipinski definition) is 2. The van der Waals surface area contributed by atoms with Gasteiger partial charge in [0.1, 0.15) is 11.3 Å². The molecule has 0 fully saturated rings. The molecule has 0 unspecified atom stereocenters. The summed E-state index contributed by atoms with van der Waals surface area (Å²) in [6.07, 6.45) is 4.67. The van der Waals surface area contributed by atoms with Crippen molar-refractivity contribution in [3.05, 3.63) is 47.9 Å². The van der Waals surface area contributed by atoms with Crippen LogP contribution in [0, 0.1) is 6.92 Å². The number of imidazole rings is 1. The number of hydrogen-bond donors (Lipinski definition) is 0. The van der Waals surface area contributed by atoms with E-state index in [0.29, 0.717) is 11.2 Å². The van der Waals surface area contributed by atoms with Gasteiger partial charge in [-0.05, 0) is 31.2 Å². The first kappa shape index (κ1) is 10.8. The lowest BCUT2D eigenvalue weighted by Crippen LogP contribution is -1.93. The summed E-state index contributed by atoms with van der Waals surface area (Å²) in [6, 6.07) is 7.71. The van der Waals surface area contributed by atoms with Gasteiger partial charge in [-0.2, -0.15) is 0 Å². The highest BCUT2D eigenvalue weighted by Crippen LogP contribution is 2.21. The second-order valence-electron chi connectivity index (χ2n) is 4.36.